The van der Waals surface area contributed by atoms with E-state index in [9.17, 15) is 0 Å². The molecule has 0 saturated heterocycles. The Labute approximate surface area is 129 Å². The van der Waals surface area contributed by atoms with Crippen molar-refractivity contribution < 1.29 is 0 Å². The quantitative estimate of drug-likeness (QED) is 0.860. The highest BCUT2D eigenvalue weighted by atomic mass is 35.5. The summed E-state index contributed by atoms with van der Waals surface area (Å²) in [5.41, 5.74) is 12.9. The molecule has 0 aliphatic carbocycles. The van der Waals surface area contributed by atoms with Gasteiger partial charge in [0.1, 0.15) is 10.1 Å². The van der Waals surface area contributed by atoms with Crippen molar-refractivity contribution in [2.24, 2.45) is 5.73 Å². The van der Waals surface area contributed by atoms with Gasteiger partial charge in [0.2, 0.25) is 0 Å². The van der Waals surface area contributed by atoms with Crippen LogP contribution in [0.3, 0.4) is 0 Å². The lowest BCUT2D eigenvalue weighted by Gasteiger charge is -2.16. The van der Waals surface area contributed by atoms with Crippen LogP contribution in [0.4, 0.5) is 0 Å². The fourth-order valence-corrected chi connectivity index (χ4v) is 2.85. The normalized spacial score (nSPS) is 10.9. The van der Waals surface area contributed by atoms with Gasteiger partial charge in [0, 0.05) is 11.1 Å². The summed E-state index contributed by atoms with van der Waals surface area (Å²) in [4.78, 5) is 0.416. The van der Waals surface area contributed by atoms with Crippen LogP contribution in [-0.2, 0) is 0 Å². The molecule has 0 radical (unpaired) electrons. The molecule has 0 aliphatic rings. The van der Waals surface area contributed by atoms with Gasteiger partial charge in [0.15, 0.2) is 0 Å². The largest absolute Gasteiger partial charge is 0.389 e. The number of rotatable bonds is 2. The molecule has 3 nitrogen and oxygen atoms in total. The number of nitrogens with zero attached hydrogens (tertiary/aromatic N) is 2. The summed E-state index contributed by atoms with van der Waals surface area (Å²) in [6.45, 7) is 10.0. The molecule has 2 rings (SSSR count). The second-order valence-electron chi connectivity index (χ2n) is 5.12. The number of thiocarbonyl (C=S) groups is 1. The maximum atomic E-state index is 6.40. The molecule has 106 valence electrons. The molecule has 0 unspecified atom stereocenters. The zero-order chi connectivity index (χ0) is 15.2. The Hall–Kier alpha value is -1.39. The lowest BCUT2D eigenvalue weighted by Crippen LogP contribution is -2.14. The number of aryl methyl sites for hydroxylation is 2. The van der Waals surface area contributed by atoms with E-state index in [0.29, 0.717) is 10.1 Å². The summed E-state index contributed by atoms with van der Waals surface area (Å²) < 4.78 is 1.80. The van der Waals surface area contributed by atoms with E-state index in [-0.39, 0.29) is 0 Å². The summed E-state index contributed by atoms with van der Waals surface area (Å²) in [6.07, 6.45) is 0. The topological polar surface area (TPSA) is 43.8 Å². The van der Waals surface area contributed by atoms with E-state index in [1.54, 1.807) is 4.68 Å². The third-order valence-corrected chi connectivity index (χ3v) is 4.48. The number of halogens is 1. The minimum atomic E-state index is 0.416. The van der Waals surface area contributed by atoms with Crippen LogP contribution in [-0.4, -0.2) is 14.8 Å². The molecule has 1 aromatic carbocycles. The second-order valence-corrected chi connectivity index (χ2v) is 5.91. The van der Waals surface area contributed by atoms with Crippen molar-refractivity contribution >= 4 is 28.8 Å². The Balaban J connectivity index is 2.79. The van der Waals surface area contributed by atoms with Crippen molar-refractivity contribution in [3.63, 3.8) is 0 Å². The molecule has 20 heavy (non-hydrogen) atoms. The molecule has 0 spiro atoms. The average molecular weight is 308 g/mol. The van der Waals surface area contributed by atoms with E-state index < -0.39 is 0 Å². The van der Waals surface area contributed by atoms with E-state index in [1.807, 2.05) is 40.7 Å². The van der Waals surface area contributed by atoms with E-state index in [2.05, 4.69) is 5.10 Å². The summed E-state index contributed by atoms with van der Waals surface area (Å²) in [6, 6.07) is 2.00. The van der Waals surface area contributed by atoms with Crippen LogP contribution < -0.4 is 5.73 Å². The first-order chi connectivity index (χ1) is 9.25. The van der Waals surface area contributed by atoms with Crippen LogP contribution in [0.1, 0.15) is 33.5 Å². The first kappa shape index (κ1) is 15.0. The van der Waals surface area contributed by atoms with Gasteiger partial charge in [-0.15, -0.1) is 0 Å². The Kier molecular flexibility index (Phi) is 3.89. The van der Waals surface area contributed by atoms with E-state index in [0.717, 1.165) is 39.2 Å². The number of hydrogen-bond acceptors (Lipinski definition) is 2. The predicted molar refractivity (Wildman–Crippen MR) is 88.1 cm³/mol. The van der Waals surface area contributed by atoms with E-state index in [1.165, 1.54) is 0 Å². The van der Waals surface area contributed by atoms with Crippen molar-refractivity contribution in [1.29, 1.82) is 0 Å². The van der Waals surface area contributed by atoms with Gasteiger partial charge in [0.05, 0.1) is 11.4 Å². The first-order valence-corrected chi connectivity index (χ1v) is 7.17. The number of nitrogens with two attached hydrogens (primary N) is 1. The molecule has 5 heteroatoms. The SMILES string of the molecule is Cc1cc(C(N)=S)c(C)c(C)c1-n1nc(C)c(C)c1Cl. The number of benzene rings is 1. The Morgan fingerprint density at radius 2 is 1.75 bits per heavy atom. The van der Waals surface area contributed by atoms with Crippen LogP contribution in [0.2, 0.25) is 5.15 Å². The molecule has 0 amide bonds. The highest BCUT2D eigenvalue weighted by Gasteiger charge is 2.18. The van der Waals surface area contributed by atoms with Gasteiger partial charge >= 0.3 is 0 Å². The minimum Gasteiger partial charge on any atom is -0.389 e. The molecule has 1 aromatic heterocycles. The van der Waals surface area contributed by atoms with Crippen molar-refractivity contribution in [3.8, 4) is 5.69 Å². The summed E-state index contributed by atoms with van der Waals surface area (Å²) >= 11 is 11.5. The maximum absolute atomic E-state index is 6.40. The molecule has 0 bridgehead atoms. The van der Waals surface area contributed by atoms with Crippen molar-refractivity contribution in [2.45, 2.75) is 34.6 Å². The van der Waals surface area contributed by atoms with Crippen molar-refractivity contribution in [3.05, 3.63) is 44.7 Å². The number of hydrogen-bond donors (Lipinski definition) is 1. The zero-order valence-corrected chi connectivity index (χ0v) is 13.9. The average Bonchev–Trinajstić information content (AvgIpc) is 2.62. The van der Waals surface area contributed by atoms with Gasteiger partial charge in [-0.1, -0.05) is 23.8 Å². The van der Waals surface area contributed by atoms with Crippen LogP contribution in [0.5, 0.6) is 0 Å². The summed E-state index contributed by atoms with van der Waals surface area (Å²) in [5.74, 6) is 0. The highest BCUT2D eigenvalue weighted by molar-refractivity contribution is 7.80. The predicted octanol–water partition coefficient (Wildman–Crippen LogP) is 3.70. The fourth-order valence-electron chi connectivity index (χ4n) is 2.38. The highest BCUT2D eigenvalue weighted by Crippen LogP contribution is 2.29. The molecule has 0 atom stereocenters. The van der Waals surface area contributed by atoms with Gasteiger partial charge in [-0.2, -0.15) is 5.10 Å². The van der Waals surface area contributed by atoms with Crippen LogP contribution in [0.15, 0.2) is 6.07 Å². The number of aromatic nitrogens is 2. The molecule has 2 aromatic rings. The van der Waals surface area contributed by atoms with Crippen LogP contribution in [0.25, 0.3) is 5.69 Å². The smallest absolute Gasteiger partial charge is 0.136 e. The van der Waals surface area contributed by atoms with Gasteiger partial charge in [-0.3, -0.25) is 0 Å². The molecule has 1 heterocycles. The van der Waals surface area contributed by atoms with Gasteiger partial charge in [-0.05, 0) is 57.4 Å². The minimum absolute atomic E-state index is 0.416. The summed E-state index contributed by atoms with van der Waals surface area (Å²) in [7, 11) is 0. The Morgan fingerprint density at radius 1 is 1.15 bits per heavy atom. The molecular weight excluding hydrogens is 290 g/mol. The third-order valence-electron chi connectivity index (χ3n) is 3.82. The van der Waals surface area contributed by atoms with Gasteiger partial charge < -0.3 is 5.73 Å². The third kappa shape index (κ3) is 2.23. The van der Waals surface area contributed by atoms with E-state index in [4.69, 9.17) is 29.6 Å². The first-order valence-electron chi connectivity index (χ1n) is 6.38. The molecular formula is C15H18ClN3S. The maximum Gasteiger partial charge on any atom is 0.136 e. The van der Waals surface area contributed by atoms with Crippen LogP contribution >= 0.6 is 23.8 Å². The second kappa shape index (κ2) is 5.19. The van der Waals surface area contributed by atoms with Crippen molar-refractivity contribution in [2.75, 3.05) is 0 Å². The van der Waals surface area contributed by atoms with E-state index >= 15 is 0 Å². The molecule has 2 N–H and O–H groups in total. The molecule has 0 aliphatic heterocycles. The zero-order valence-electron chi connectivity index (χ0n) is 12.3. The molecule has 0 saturated carbocycles. The van der Waals surface area contributed by atoms with Crippen molar-refractivity contribution in [1.82, 2.24) is 9.78 Å². The summed E-state index contributed by atoms with van der Waals surface area (Å²) in [5, 5.41) is 5.19. The monoisotopic (exact) mass is 307 g/mol. The fraction of sp³-hybridized carbons (Fsp3) is 0.333. The van der Waals surface area contributed by atoms with Crippen LogP contribution in [0, 0.1) is 34.6 Å². The van der Waals surface area contributed by atoms with Gasteiger partial charge in [0.25, 0.3) is 0 Å². The lowest BCUT2D eigenvalue weighted by atomic mass is 9.97. The molecule has 0 fully saturated rings. The standard InChI is InChI=1S/C15H18ClN3S/c1-7-6-12(15(17)20)8(2)9(3)13(7)19-14(16)10(4)11(5)18-19/h6H,1-5H3,(H2,17,20). The van der Waals surface area contributed by atoms with Gasteiger partial charge in [-0.25, -0.2) is 4.68 Å². The lowest BCUT2D eigenvalue weighted by molar-refractivity contribution is 0.847. The Bertz CT molecular complexity index is 717. The Morgan fingerprint density at radius 3 is 2.20 bits per heavy atom.